The first-order valence-corrected chi connectivity index (χ1v) is 7.57. The Bertz CT molecular complexity index is 503. The van der Waals surface area contributed by atoms with Gasteiger partial charge in [-0.1, -0.05) is 18.2 Å². The molecule has 0 unspecified atom stereocenters. The average Bonchev–Trinajstić information content (AvgIpc) is 3.18. The number of nitrogens with one attached hydrogen (secondary N) is 1. The smallest absolute Gasteiger partial charge is 0.317 e. The molecule has 1 aliphatic rings. The third-order valence-corrected chi connectivity index (χ3v) is 4.53. The van der Waals surface area contributed by atoms with E-state index in [0.717, 1.165) is 12.8 Å². The van der Waals surface area contributed by atoms with Crippen molar-refractivity contribution in [3.63, 3.8) is 0 Å². The summed E-state index contributed by atoms with van der Waals surface area (Å²) in [6.45, 7) is 6.94. The van der Waals surface area contributed by atoms with Crippen LogP contribution in [0.5, 0.6) is 0 Å². The predicted octanol–water partition coefficient (Wildman–Crippen LogP) is 2.78. The summed E-state index contributed by atoms with van der Waals surface area (Å²) in [5, 5.41) is 12.4. The molecule has 1 aliphatic carbocycles. The number of urea groups is 1. The number of aliphatic hydroxyl groups excluding tert-OH is 1. The predicted molar refractivity (Wildman–Crippen MR) is 84.2 cm³/mol. The topological polar surface area (TPSA) is 52.6 Å². The Balaban J connectivity index is 1.99. The standard InChI is InChI=1S/C17H26N2O2/c1-12-6-5-7-13(2)15(12)14(3)18-16(21)19(4)10-17(11-20)8-9-17/h5-7,14,20H,8-11H2,1-4H3,(H,18,21)/t14-/m1/s1. The van der Waals surface area contributed by atoms with E-state index in [1.807, 2.05) is 13.0 Å². The molecular formula is C17H26N2O2. The lowest BCUT2D eigenvalue weighted by atomic mass is 9.97. The maximum Gasteiger partial charge on any atom is 0.317 e. The first-order chi connectivity index (χ1) is 9.88. The second kappa shape index (κ2) is 6.06. The van der Waals surface area contributed by atoms with Gasteiger partial charge in [0.2, 0.25) is 0 Å². The van der Waals surface area contributed by atoms with Crippen molar-refractivity contribution in [3.8, 4) is 0 Å². The molecule has 21 heavy (non-hydrogen) atoms. The largest absolute Gasteiger partial charge is 0.396 e. The van der Waals surface area contributed by atoms with Crippen molar-refractivity contribution in [1.29, 1.82) is 0 Å². The molecule has 0 aromatic heterocycles. The van der Waals surface area contributed by atoms with Gasteiger partial charge in [-0.05, 0) is 50.3 Å². The lowest BCUT2D eigenvalue weighted by molar-refractivity contribution is 0.160. The van der Waals surface area contributed by atoms with Crippen LogP contribution in [0, 0.1) is 19.3 Å². The summed E-state index contributed by atoms with van der Waals surface area (Å²) in [6, 6.07) is 6.07. The Labute approximate surface area is 127 Å². The van der Waals surface area contributed by atoms with Crippen LogP contribution in [-0.4, -0.2) is 36.2 Å². The fraction of sp³-hybridized carbons (Fsp3) is 0.588. The van der Waals surface area contributed by atoms with Gasteiger partial charge < -0.3 is 15.3 Å². The minimum atomic E-state index is -0.0788. The van der Waals surface area contributed by atoms with Gasteiger partial charge in [0.15, 0.2) is 0 Å². The Morgan fingerprint density at radius 1 is 1.38 bits per heavy atom. The maximum atomic E-state index is 12.3. The molecule has 116 valence electrons. The molecule has 2 amide bonds. The van der Waals surface area contributed by atoms with Gasteiger partial charge in [-0.2, -0.15) is 0 Å². The fourth-order valence-electron chi connectivity index (χ4n) is 3.00. The van der Waals surface area contributed by atoms with Gasteiger partial charge in [-0.3, -0.25) is 0 Å². The molecule has 1 aromatic rings. The van der Waals surface area contributed by atoms with Gasteiger partial charge >= 0.3 is 6.03 Å². The van der Waals surface area contributed by atoms with Crippen molar-refractivity contribution in [2.75, 3.05) is 20.2 Å². The highest BCUT2D eigenvalue weighted by atomic mass is 16.3. The number of carbonyl (C=O) groups excluding carboxylic acids is 1. The molecular weight excluding hydrogens is 264 g/mol. The second-order valence-electron chi connectivity index (χ2n) is 6.49. The van der Waals surface area contributed by atoms with Gasteiger partial charge in [-0.15, -0.1) is 0 Å². The van der Waals surface area contributed by atoms with Crippen molar-refractivity contribution in [2.45, 2.75) is 39.7 Å². The van der Waals surface area contributed by atoms with Crippen LogP contribution in [0.25, 0.3) is 0 Å². The van der Waals surface area contributed by atoms with Crippen molar-refractivity contribution in [3.05, 3.63) is 34.9 Å². The first kappa shape index (κ1) is 15.8. The zero-order valence-corrected chi connectivity index (χ0v) is 13.4. The summed E-state index contributed by atoms with van der Waals surface area (Å²) >= 11 is 0. The van der Waals surface area contributed by atoms with E-state index in [9.17, 15) is 9.90 Å². The Hall–Kier alpha value is -1.55. The molecule has 0 spiro atoms. The number of carbonyl (C=O) groups is 1. The normalized spacial score (nSPS) is 17.2. The quantitative estimate of drug-likeness (QED) is 0.876. The van der Waals surface area contributed by atoms with Crippen LogP contribution in [0.15, 0.2) is 18.2 Å². The summed E-state index contributed by atoms with van der Waals surface area (Å²) in [7, 11) is 1.79. The van der Waals surface area contributed by atoms with Gasteiger partial charge in [0.25, 0.3) is 0 Å². The molecule has 0 saturated heterocycles. The third-order valence-electron chi connectivity index (χ3n) is 4.53. The molecule has 0 bridgehead atoms. The molecule has 1 aromatic carbocycles. The molecule has 1 atom stereocenters. The van der Waals surface area contributed by atoms with E-state index in [1.54, 1.807) is 11.9 Å². The van der Waals surface area contributed by atoms with E-state index in [1.165, 1.54) is 16.7 Å². The van der Waals surface area contributed by atoms with E-state index >= 15 is 0 Å². The molecule has 4 nitrogen and oxygen atoms in total. The Morgan fingerprint density at radius 2 is 1.95 bits per heavy atom. The number of rotatable bonds is 5. The number of aryl methyl sites for hydroxylation is 2. The number of amides is 2. The summed E-state index contributed by atoms with van der Waals surface area (Å²) < 4.78 is 0. The van der Waals surface area contributed by atoms with E-state index < -0.39 is 0 Å². The van der Waals surface area contributed by atoms with Crippen LogP contribution in [0.3, 0.4) is 0 Å². The molecule has 1 fully saturated rings. The highest BCUT2D eigenvalue weighted by Gasteiger charge is 2.43. The average molecular weight is 290 g/mol. The molecule has 0 aliphatic heterocycles. The molecule has 2 N–H and O–H groups in total. The van der Waals surface area contributed by atoms with E-state index in [2.05, 4.69) is 31.3 Å². The number of hydrogen-bond acceptors (Lipinski definition) is 2. The summed E-state index contributed by atoms with van der Waals surface area (Å²) in [5.74, 6) is 0. The monoisotopic (exact) mass is 290 g/mol. The first-order valence-electron chi connectivity index (χ1n) is 7.57. The van der Waals surface area contributed by atoms with Crippen molar-refractivity contribution < 1.29 is 9.90 Å². The van der Waals surface area contributed by atoms with Crippen molar-refractivity contribution in [2.24, 2.45) is 5.41 Å². The van der Waals surface area contributed by atoms with E-state index in [0.29, 0.717) is 6.54 Å². The maximum absolute atomic E-state index is 12.3. The van der Waals surface area contributed by atoms with Crippen molar-refractivity contribution in [1.82, 2.24) is 10.2 Å². The van der Waals surface area contributed by atoms with Gasteiger partial charge in [0, 0.05) is 19.0 Å². The summed E-state index contributed by atoms with van der Waals surface area (Å²) in [6.07, 6.45) is 2.02. The van der Waals surface area contributed by atoms with E-state index in [4.69, 9.17) is 0 Å². The number of hydrogen-bond donors (Lipinski definition) is 2. The van der Waals surface area contributed by atoms with Crippen LogP contribution in [-0.2, 0) is 0 Å². The van der Waals surface area contributed by atoms with Crippen LogP contribution in [0.1, 0.15) is 42.5 Å². The Morgan fingerprint density at radius 3 is 2.43 bits per heavy atom. The number of benzene rings is 1. The summed E-state index contributed by atoms with van der Waals surface area (Å²) in [4.78, 5) is 14.0. The van der Waals surface area contributed by atoms with Gasteiger partial charge in [-0.25, -0.2) is 4.79 Å². The highest BCUT2D eigenvalue weighted by molar-refractivity contribution is 5.74. The minimum absolute atomic E-state index is 0.0228. The van der Waals surface area contributed by atoms with Crippen LogP contribution >= 0.6 is 0 Å². The van der Waals surface area contributed by atoms with Crippen LogP contribution in [0.4, 0.5) is 4.79 Å². The second-order valence-corrected chi connectivity index (χ2v) is 6.49. The zero-order chi connectivity index (χ0) is 15.6. The molecule has 0 heterocycles. The zero-order valence-electron chi connectivity index (χ0n) is 13.4. The molecule has 1 saturated carbocycles. The molecule has 0 radical (unpaired) electrons. The number of nitrogens with zero attached hydrogens (tertiary/aromatic N) is 1. The Kier molecular flexibility index (Phi) is 4.57. The minimum Gasteiger partial charge on any atom is -0.396 e. The fourth-order valence-corrected chi connectivity index (χ4v) is 3.00. The molecule has 4 heteroatoms. The molecule has 2 rings (SSSR count). The van der Waals surface area contributed by atoms with Gasteiger partial charge in [0.05, 0.1) is 12.6 Å². The summed E-state index contributed by atoms with van der Waals surface area (Å²) in [5.41, 5.74) is 3.52. The lowest BCUT2D eigenvalue weighted by Gasteiger charge is -2.26. The van der Waals surface area contributed by atoms with Gasteiger partial charge in [0.1, 0.15) is 0 Å². The van der Waals surface area contributed by atoms with Crippen LogP contribution < -0.4 is 5.32 Å². The SMILES string of the molecule is Cc1cccc(C)c1[C@@H](C)NC(=O)N(C)CC1(CO)CC1. The lowest BCUT2D eigenvalue weighted by Crippen LogP contribution is -2.42. The van der Waals surface area contributed by atoms with Crippen LogP contribution in [0.2, 0.25) is 0 Å². The highest BCUT2D eigenvalue weighted by Crippen LogP contribution is 2.45. The third kappa shape index (κ3) is 3.56. The van der Waals surface area contributed by atoms with Crippen molar-refractivity contribution >= 4 is 6.03 Å². The van der Waals surface area contributed by atoms with E-state index in [-0.39, 0.29) is 24.1 Å². The number of aliphatic hydroxyl groups is 1.